The molecule has 2 aromatic carbocycles. The number of H-pyrrole nitrogens is 1. The molecule has 4 rings (SSSR count). The number of aryl methyl sites for hydroxylation is 1. The number of benzene rings is 2. The van der Waals surface area contributed by atoms with Gasteiger partial charge in [-0.2, -0.15) is 4.72 Å². The topological polar surface area (TPSA) is 149 Å². The number of fused-ring (bicyclic) bond motifs is 1. The summed E-state index contributed by atoms with van der Waals surface area (Å²) in [6.07, 6.45) is 3.21. The first-order valence-electron chi connectivity index (χ1n) is 14.0. The molecule has 1 aliphatic rings. The van der Waals surface area contributed by atoms with Crippen LogP contribution in [0.4, 0.5) is 0 Å². The fourth-order valence-corrected chi connectivity index (χ4v) is 6.46. The fourth-order valence-electron chi connectivity index (χ4n) is 5.17. The first kappa shape index (κ1) is 30.3. The molecule has 4 N–H and O–H groups in total. The highest BCUT2D eigenvalue weighted by molar-refractivity contribution is 7.89. The Morgan fingerprint density at radius 1 is 1.07 bits per heavy atom. The molecule has 1 fully saturated rings. The first-order chi connectivity index (χ1) is 19.5. The number of likely N-dealkylation sites (tertiary alicyclic amines) is 1. The van der Waals surface area contributed by atoms with Gasteiger partial charge < -0.3 is 20.3 Å². The Morgan fingerprint density at radius 3 is 2.37 bits per heavy atom. The minimum Gasteiger partial charge on any atom is -0.480 e. The molecule has 0 spiro atoms. The lowest BCUT2D eigenvalue weighted by Crippen LogP contribution is -2.54. The molecule has 220 valence electrons. The standard InChI is InChI=1S/C30H38N4O6S/c1-4-20(3)27(33-41(39,40)23-11-9-19(2)10-12-23)29(36)34-15-13-21(14-16-34)28(35)32-26(30(37)38)17-22-18-31-25-8-6-5-7-24(22)25/h5-12,18,20-21,26-27,31,33H,4,13-17H2,1-3H3,(H,32,35)(H,37,38)/t20-,26-,27-/m0/s1. The van der Waals surface area contributed by atoms with Gasteiger partial charge in [-0.1, -0.05) is 56.2 Å². The van der Waals surface area contributed by atoms with E-state index < -0.39 is 34.0 Å². The van der Waals surface area contributed by atoms with E-state index in [9.17, 15) is 27.9 Å². The van der Waals surface area contributed by atoms with Gasteiger partial charge in [0, 0.05) is 42.5 Å². The highest BCUT2D eigenvalue weighted by Gasteiger charge is 2.36. The van der Waals surface area contributed by atoms with Crippen molar-refractivity contribution in [1.29, 1.82) is 0 Å². The minimum atomic E-state index is -3.92. The lowest BCUT2D eigenvalue weighted by atomic mass is 9.93. The third kappa shape index (κ3) is 7.15. The average Bonchev–Trinajstić information content (AvgIpc) is 3.37. The monoisotopic (exact) mass is 582 g/mol. The van der Waals surface area contributed by atoms with Crippen LogP contribution in [0.3, 0.4) is 0 Å². The van der Waals surface area contributed by atoms with Crippen molar-refractivity contribution in [2.45, 2.75) is 63.4 Å². The number of carboxylic acids is 1. The number of carbonyl (C=O) groups excluding carboxylic acids is 2. The number of nitrogens with zero attached hydrogens (tertiary/aromatic N) is 1. The molecule has 0 radical (unpaired) electrons. The average molecular weight is 583 g/mol. The van der Waals surface area contributed by atoms with Gasteiger partial charge in [-0.15, -0.1) is 0 Å². The van der Waals surface area contributed by atoms with Crippen LogP contribution < -0.4 is 10.0 Å². The zero-order valence-corrected chi connectivity index (χ0v) is 24.4. The normalized spacial score (nSPS) is 16.7. The number of piperidine rings is 1. The van der Waals surface area contributed by atoms with Crippen LogP contribution in [0.15, 0.2) is 59.6 Å². The van der Waals surface area contributed by atoms with E-state index >= 15 is 0 Å². The molecule has 2 heterocycles. The van der Waals surface area contributed by atoms with E-state index in [0.717, 1.165) is 22.0 Å². The van der Waals surface area contributed by atoms with Crippen molar-refractivity contribution in [3.63, 3.8) is 0 Å². The molecular weight excluding hydrogens is 544 g/mol. The number of aliphatic carboxylic acids is 1. The molecule has 10 nitrogen and oxygen atoms in total. The fraction of sp³-hybridized carbons (Fsp3) is 0.433. The van der Waals surface area contributed by atoms with Gasteiger partial charge >= 0.3 is 5.97 Å². The Balaban J connectivity index is 1.37. The third-order valence-electron chi connectivity index (χ3n) is 7.98. The summed E-state index contributed by atoms with van der Waals surface area (Å²) in [7, 11) is -3.92. The number of amides is 2. The number of hydrogen-bond donors (Lipinski definition) is 4. The number of aromatic amines is 1. The molecule has 11 heteroatoms. The summed E-state index contributed by atoms with van der Waals surface area (Å²) >= 11 is 0. The zero-order valence-electron chi connectivity index (χ0n) is 23.6. The quantitative estimate of drug-likeness (QED) is 0.273. The lowest BCUT2D eigenvalue weighted by Gasteiger charge is -2.35. The molecule has 0 aliphatic carbocycles. The molecule has 1 saturated heterocycles. The summed E-state index contributed by atoms with van der Waals surface area (Å²) in [5.74, 6) is -2.49. The largest absolute Gasteiger partial charge is 0.480 e. The number of para-hydroxylation sites is 1. The summed E-state index contributed by atoms with van der Waals surface area (Å²) in [4.78, 5) is 43.4. The lowest BCUT2D eigenvalue weighted by molar-refractivity contribution is -0.143. The van der Waals surface area contributed by atoms with Gasteiger partial charge in [-0.3, -0.25) is 9.59 Å². The van der Waals surface area contributed by atoms with Crippen LogP contribution in [0.2, 0.25) is 0 Å². The first-order valence-corrected chi connectivity index (χ1v) is 15.4. The third-order valence-corrected chi connectivity index (χ3v) is 9.44. The van der Waals surface area contributed by atoms with E-state index in [-0.39, 0.29) is 42.1 Å². The van der Waals surface area contributed by atoms with E-state index in [1.807, 2.05) is 45.0 Å². The highest BCUT2D eigenvalue weighted by atomic mass is 32.2. The number of rotatable bonds is 11. The molecule has 41 heavy (non-hydrogen) atoms. The van der Waals surface area contributed by atoms with Gasteiger partial charge in [0.25, 0.3) is 0 Å². The Hall–Kier alpha value is -3.70. The van der Waals surface area contributed by atoms with Crippen LogP contribution >= 0.6 is 0 Å². The van der Waals surface area contributed by atoms with Crippen molar-refractivity contribution in [1.82, 2.24) is 19.9 Å². The Morgan fingerprint density at radius 2 is 1.73 bits per heavy atom. The Labute approximate surface area is 240 Å². The van der Waals surface area contributed by atoms with E-state index in [4.69, 9.17) is 0 Å². The molecular formula is C30H38N4O6S. The van der Waals surface area contributed by atoms with E-state index in [2.05, 4.69) is 15.0 Å². The number of aromatic nitrogens is 1. The van der Waals surface area contributed by atoms with Crippen LogP contribution in [-0.4, -0.2) is 66.4 Å². The summed E-state index contributed by atoms with van der Waals surface area (Å²) in [5.41, 5.74) is 2.63. The van der Waals surface area contributed by atoms with Crippen LogP contribution in [0.1, 0.15) is 44.2 Å². The number of hydrogen-bond acceptors (Lipinski definition) is 5. The highest BCUT2D eigenvalue weighted by Crippen LogP contribution is 2.23. The maximum Gasteiger partial charge on any atom is 0.326 e. The molecule has 3 atom stereocenters. The van der Waals surface area contributed by atoms with Gasteiger partial charge in [-0.25, -0.2) is 13.2 Å². The Kier molecular flexibility index (Phi) is 9.49. The van der Waals surface area contributed by atoms with E-state index in [1.54, 1.807) is 23.2 Å². The summed E-state index contributed by atoms with van der Waals surface area (Å²) < 4.78 is 28.7. The molecule has 0 bridgehead atoms. The molecule has 1 aromatic heterocycles. The van der Waals surface area contributed by atoms with Crippen LogP contribution in [0.25, 0.3) is 10.9 Å². The van der Waals surface area contributed by atoms with Crippen LogP contribution in [-0.2, 0) is 30.8 Å². The number of carbonyl (C=O) groups is 3. The summed E-state index contributed by atoms with van der Waals surface area (Å²) in [5, 5.41) is 13.4. The number of carboxylic acid groups (broad SMARTS) is 1. The maximum absolute atomic E-state index is 13.5. The second kappa shape index (κ2) is 12.9. The minimum absolute atomic E-state index is 0.0974. The van der Waals surface area contributed by atoms with E-state index in [1.165, 1.54) is 12.1 Å². The van der Waals surface area contributed by atoms with Crippen molar-refractivity contribution in [2.75, 3.05) is 13.1 Å². The SMILES string of the molecule is CC[C@H](C)[C@H](NS(=O)(=O)c1ccc(C)cc1)C(=O)N1CCC(C(=O)N[C@@H](Cc2c[nH]c3ccccc23)C(=O)O)CC1. The van der Waals surface area contributed by atoms with Gasteiger partial charge in [0.1, 0.15) is 12.1 Å². The zero-order chi connectivity index (χ0) is 29.7. The van der Waals surface area contributed by atoms with Crippen molar-refractivity contribution in [2.24, 2.45) is 11.8 Å². The van der Waals surface area contributed by atoms with Crippen LogP contribution in [0, 0.1) is 18.8 Å². The number of nitrogens with one attached hydrogen (secondary N) is 3. The van der Waals surface area contributed by atoms with Gasteiger partial charge in [0.15, 0.2) is 0 Å². The second-order valence-corrected chi connectivity index (χ2v) is 12.6. The second-order valence-electron chi connectivity index (χ2n) is 10.9. The van der Waals surface area contributed by atoms with Crippen molar-refractivity contribution >= 4 is 38.7 Å². The summed E-state index contributed by atoms with van der Waals surface area (Å²) in [6, 6.07) is 12.0. The molecule has 1 aliphatic heterocycles. The summed E-state index contributed by atoms with van der Waals surface area (Å²) in [6.45, 7) is 6.15. The number of sulfonamides is 1. The molecule has 2 amide bonds. The van der Waals surface area contributed by atoms with Gasteiger partial charge in [0.2, 0.25) is 21.8 Å². The Bertz CT molecular complexity index is 1490. The maximum atomic E-state index is 13.5. The van der Waals surface area contributed by atoms with Crippen molar-refractivity contribution in [3.8, 4) is 0 Å². The predicted octanol–water partition coefficient (Wildman–Crippen LogP) is 3.22. The van der Waals surface area contributed by atoms with Gasteiger partial charge in [-0.05, 0) is 49.4 Å². The van der Waals surface area contributed by atoms with Gasteiger partial charge in [0.05, 0.1) is 4.90 Å². The molecule has 0 saturated carbocycles. The predicted molar refractivity (Wildman–Crippen MR) is 156 cm³/mol. The molecule has 3 aromatic rings. The molecule has 0 unspecified atom stereocenters. The van der Waals surface area contributed by atoms with Crippen molar-refractivity contribution in [3.05, 3.63) is 65.9 Å². The van der Waals surface area contributed by atoms with E-state index in [0.29, 0.717) is 19.3 Å². The van der Waals surface area contributed by atoms with Crippen LogP contribution in [0.5, 0.6) is 0 Å². The van der Waals surface area contributed by atoms with Crippen molar-refractivity contribution < 1.29 is 27.9 Å². The smallest absolute Gasteiger partial charge is 0.326 e.